The van der Waals surface area contributed by atoms with Crippen LogP contribution in [0.15, 0.2) is 29.4 Å². The molecule has 1 atom stereocenters. The van der Waals surface area contributed by atoms with Crippen molar-refractivity contribution < 1.29 is 17.9 Å². The molecule has 1 amide bonds. The normalized spacial score (nSPS) is 17.9. The van der Waals surface area contributed by atoms with Gasteiger partial charge < -0.3 is 14.6 Å². The fourth-order valence-electron chi connectivity index (χ4n) is 3.19. The van der Waals surface area contributed by atoms with E-state index in [9.17, 15) is 13.2 Å². The minimum absolute atomic E-state index is 0.0949. The third-order valence-corrected chi connectivity index (χ3v) is 7.60. The van der Waals surface area contributed by atoms with Crippen LogP contribution < -0.4 is 10.1 Å². The second kappa shape index (κ2) is 9.62. The zero-order chi connectivity index (χ0) is 20.9. The van der Waals surface area contributed by atoms with Crippen LogP contribution in [0.4, 0.5) is 0 Å². The van der Waals surface area contributed by atoms with Crippen LogP contribution in [0.2, 0.25) is 0 Å². The van der Waals surface area contributed by atoms with Crippen LogP contribution in [0, 0.1) is 12.8 Å². The highest BCUT2D eigenvalue weighted by Gasteiger charge is 2.29. The predicted octanol–water partition coefficient (Wildman–Crippen LogP) is 1.39. The lowest BCUT2D eigenvalue weighted by Gasteiger charge is -2.09. The summed E-state index contributed by atoms with van der Waals surface area (Å²) in [4.78, 5) is 12.0. The van der Waals surface area contributed by atoms with Crippen molar-refractivity contribution >= 4 is 27.5 Å². The summed E-state index contributed by atoms with van der Waals surface area (Å²) >= 11 is 1.31. The first-order chi connectivity index (χ1) is 13.8. The Morgan fingerprint density at radius 3 is 2.93 bits per heavy atom. The predicted molar refractivity (Wildman–Crippen MR) is 112 cm³/mol. The van der Waals surface area contributed by atoms with Gasteiger partial charge in [-0.1, -0.05) is 23.9 Å². The first kappa shape index (κ1) is 21.6. The molecule has 1 aromatic heterocycles. The van der Waals surface area contributed by atoms with Crippen LogP contribution in [0.5, 0.6) is 5.75 Å². The van der Waals surface area contributed by atoms with Crippen molar-refractivity contribution in [3.05, 3.63) is 35.7 Å². The highest BCUT2D eigenvalue weighted by molar-refractivity contribution is 7.99. The number of amides is 1. The number of nitrogens with zero attached hydrogens (tertiary/aromatic N) is 3. The average Bonchev–Trinajstić information content (AvgIpc) is 3.19. The zero-order valence-corrected chi connectivity index (χ0v) is 18.3. The van der Waals surface area contributed by atoms with Crippen LogP contribution in [-0.4, -0.2) is 59.5 Å². The summed E-state index contributed by atoms with van der Waals surface area (Å²) in [6, 6.07) is 7.77. The first-order valence-electron chi connectivity index (χ1n) is 9.50. The molecule has 8 nitrogen and oxygen atoms in total. The van der Waals surface area contributed by atoms with Gasteiger partial charge in [0.25, 0.3) is 0 Å². The molecule has 1 aliphatic rings. The van der Waals surface area contributed by atoms with Gasteiger partial charge in [-0.25, -0.2) is 8.42 Å². The molecule has 10 heteroatoms. The van der Waals surface area contributed by atoms with Gasteiger partial charge in [-0.15, -0.1) is 10.2 Å². The van der Waals surface area contributed by atoms with E-state index >= 15 is 0 Å². The lowest BCUT2D eigenvalue weighted by molar-refractivity contribution is -0.118. The van der Waals surface area contributed by atoms with Crippen LogP contribution in [0.1, 0.15) is 17.8 Å². The fraction of sp³-hybridized carbons (Fsp3) is 0.526. The maximum atomic E-state index is 12.0. The van der Waals surface area contributed by atoms with Gasteiger partial charge in [0, 0.05) is 13.5 Å². The van der Waals surface area contributed by atoms with Gasteiger partial charge in [0.2, 0.25) is 5.91 Å². The topological polar surface area (TPSA) is 103 Å². The van der Waals surface area contributed by atoms with Crippen molar-refractivity contribution in [2.45, 2.75) is 24.9 Å². The molecule has 0 aliphatic carbocycles. The van der Waals surface area contributed by atoms with E-state index in [0.717, 1.165) is 17.1 Å². The van der Waals surface area contributed by atoms with Gasteiger partial charge in [-0.3, -0.25) is 4.79 Å². The van der Waals surface area contributed by atoms with Gasteiger partial charge in [0.05, 0.1) is 23.8 Å². The molecule has 1 fully saturated rings. The lowest BCUT2D eigenvalue weighted by atomic mass is 10.1. The summed E-state index contributed by atoms with van der Waals surface area (Å²) in [6.45, 7) is 2.82. The maximum absolute atomic E-state index is 12.0. The van der Waals surface area contributed by atoms with Crippen molar-refractivity contribution in [1.29, 1.82) is 0 Å². The van der Waals surface area contributed by atoms with Crippen molar-refractivity contribution in [2.24, 2.45) is 13.0 Å². The minimum atomic E-state index is -2.90. The number of nitrogens with one attached hydrogen (secondary N) is 1. The number of aromatic nitrogens is 3. The van der Waals surface area contributed by atoms with Crippen LogP contribution >= 0.6 is 11.8 Å². The Kier molecular flexibility index (Phi) is 7.18. The zero-order valence-electron chi connectivity index (χ0n) is 16.6. The van der Waals surface area contributed by atoms with Crippen molar-refractivity contribution in [2.75, 3.05) is 30.4 Å². The molecule has 1 saturated heterocycles. The average molecular weight is 439 g/mol. The quantitative estimate of drug-likeness (QED) is 0.466. The molecular formula is C19H26N4O4S2. The standard InChI is InChI=1S/C19H26N4O4S2/c1-14-4-3-5-16(10-14)27-8-7-20-18(24)12-28-19-22-21-17(23(19)2)11-15-6-9-29(25,26)13-15/h3-5,10,15H,6-9,11-13H2,1-2H3,(H,20,24)/t15-/m1/s1. The number of hydrogen-bond acceptors (Lipinski definition) is 7. The second-order valence-electron chi connectivity index (χ2n) is 7.23. The highest BCUT2D eigenvalue weighted by atomic mass is 32.2. The van der Waals surface area contributed by atoms with Crippen molar-refractivity contribution in [3.63, 3.8) is 0 Å². The van der Waals surface area contributed by atoms with Crippen molar-refractivity contribution in [1.82, 2.24) is 20.1 Å². The third kappa shape index (κ3) is 6.46. The maximum Gasteiger partial charge on any atom is 0.230 e. The monoisotopic (exact) mass is 438 g/mol. The number of thioether (sulfide) groups is 1. The summed E-state index contributed by atoms with van der Waals surface area (Å²) in [7, 11) is -1.06. The van der Waals surface area contributed by atoms with E-state index in [1.807, 2.05) is 42.8 Å². The molecule has 0 saturated carbocycles. The molecule has 29 heavy (non-hydrogen) atoms. The number of ether oxygens (including phenoxy) is 1. The van der Waals surface area contributed by atoms with E-state index in [1.54, 1.807) is 0 Å². The van der Waals surface area contributed by atoms with Gasteiger partial charge in [0.1, 0.15) is 18.2 Å². The van der Waals surface area contributed by atoms with E-state index < -0.39 is 9.84 Å². The number of rotatable bonds is 9. The van der Waals surface area contributed by atoms with Gasteiger partial charge in [-0.05, 0) is 37.0 Å². The Morgan fingerprint density at radius 2 is 2.21 bits per heavy atom. The molecule has 2 heterocycles. The molecule has 1 N–H and O–H groups in total. The molecule has 158 valence electrons. The minimum Gasteiger partial charge on any atom is -0.492 e. The Morgan fingerprint density at radius 1 is 1.38 bits per heavy atom. The van der Waals surface area contributed by atoms with Gasteiger partial charge >= 0.3 is 0 Å². The van der Waals surface area contributed by atoms with E-state index in [2.05, 4.69) is 15.5 Å². The van der Waals surface area contributed by atoms with Crippen molar-refractivity contribution in [3.8, 4) is 5.75 Å². The third-order valence-electron chi connectivity index (χ3n) is 4.74. The summed E-state index contributed by atoms with van der Waals surface area (Å²) in [5, 5.41) is 11.8. The van der Waals surface area contributed by atoms with E-state index in [0.29, 0.717) is 31.1 Å². The number of hydrogen-bond donors (Lipinski definition) is 1. The number of carbonyl (C=O) groups excluding carboxylic acids is 1. The Bertz CT molecular complexity index is 959. The largest absolute Gasteiger partial charge is 0.492 e. The summed E-state index contributed by atoms with van der Waals surface area (Å²) in [5.74, 6) is 2.23. The van der Waals surface area contributed by atoms with Crippen LogP contribution in [-0.2, 0) is 28.1 Å². The van der Waals surface area contributed by atoms with Crippen LogP contribution in [0.3, 0.4) is 0 Å². The van der Waals surface area contributed by atoms with Gasteiger partial charge in [-0.2, -0.15) is 0 Å². The fourth-order valence-corrected chi connectivity index (χ4v) is 5.81. The SMILES string of the molecule is Cc1cccc(OCCNC(=O)CSc2nnc(C[C@H]3CCS(=O)(=O)C3)n2C)c1. The summed E-state index contributed by atoms with van der Waals surface area (Å²) < 4.78 is 30.7. The van der Waals surface area contributed by atoms with Crippen LogP contribution in [0.25, 0.3) is 0 Å². The first-order valence-corrected chi connectivity index (χ1v) is 12.3. The smallest absolute Gasteiger partial charge is 0.230 e. The molecule has 0 unspecified atom stereocenters. The molecular weight excluding hydrogens is 412 g/mol. The number of carbonyl (C=O) groups is 1. The Hall–Kier alpha value is -2.07. The van der Waals surface area contributed by atoms with Gasteiger partial charge in [0.15, 0.2) is 15.0 Å². The molecule has 1 aliphatic heterocycles. The van der Waals surface area contributed by atoms with E-state index in [4.69, 9.17) is 4.74 Å². The molecule has 0 spiro atoms. The summed E-state index contributed by atoms with van der Waals surface area (Å²) in [6.07, 6.45) is 1.26. The number of benzene rings is 1. The lowest BCUT2D eigenvalue weighted by Crippen LogP contribution is -2.29. The Balaban J connectivity index is 1.38. The highest BCUT2D eigenvalue weighted by Crippen LogP contribution is 2.23. The molecule has 3 rings (SSSR count). The summed E-state index contributed by atoms with van der Waals surface area (Å²) in [5.41, 5.74) is 1.13. The molecule has 0 radical (unpaired) electrons. The van der Waals surface area contributed by atoms with E-state index in [1.165, 1.54) is 11.8 Å². The second-order valence-corrected chi connectivity index (χ2v) is 10.4. The number of sulfone groups is 1. The Labute approximate surface area is 175 Å². The molecule has 1 aromatic carbocycles. The van der Waals surface area contributed by atoms with E-state index in [-0.39, 0.29) is 29.1 Å². The molecule has 2 aromatic rings. The molecule has 0 bridgehead atoms. The number of aryl methyl sites for hydroxylation is 1.